The van der Waals surface area contributed by atoms with Crippen molar-refractivity contribution in [1.82, 2.24) is 0 Å². The number of thioether (sulfide) groups is 2. The highest BCUT2D eigenvalue weighted by Crippen LogP contribution is 2.48. The highest BCUT2D eigenvalue weighted by molar-refractivity contribution is 14.1. The van der Waals surface area contributed by atoms with Crippen molar-refractivity contribution >= 4 is 216 Å². The largest absolute Gasteiger partial charge is 0.127 e. The van der Waals surface area contributed by atoms with E-state index in [4.69, 9.17) is 0 Å². The first-order valence-corrected chi connectivity index (χ1v) is 18.0. The SMILES string of the molecule is CSc1c(I)c(I)c(Sc2c(I)c(I)c(SC)c(I)c2I)c(I)c1I. The molecular weight excluding hydrogens is 1280 g/mol. The van der Waals surface area contributed by atoms with Gasteiger partial charge in [0, 0.05) is 48.1 Å². The van der Waals surface area contributed by atoms with Crippen LogP contribution in [0.1, 0.15) is 0 Å². The third-order valence-electron chi connectivity index (χ3n) is 2.98. The van der Waals surface area contributed by atoms with Gasteiger partial charge < -0.3 is 0 Å². The van der Waals surface area contributed by atoms with Gasteiger partial charge in [0.05, 0.1) is 0 Å². The molecule has 0 nitrogen and oxygen atoms in total. The Morgan fingerprint density at radius 1 is 0.400 bits per heavy atom. The van der Waals surface area contributed by atoms with Crippen LogP contribution in [-0.2, 0) is 0 Å². The van der Waals surface area contributed by atoms with Crippen molar-refractivity contribution < 1.29 is 0 Å². The molecule has 0 radical (unpaired) electrons. The average Bonchev–Trinajstić information content (AvgIpc) is 2.59. The summed E-state index contributed by atoms with van der Waals surface area (Å²) in [4.78, 5) is 5.55. The third-order valence-corrected chi connectivity index (χ3v) is 21.5. The summed E-state index contributed by atoms with van der Waals surface area (Å²) in [6.07, 6.45) is 4.33. The van der Waals surface area contributed by atoms with E-state index >= 15 is 0 Å². The van der Waals surface area contributed by atoms with E-state index in [1.807, 2.05) is 35.3 Å². The zero-order chi connectivity index (χ0) is 19.0. The number of hydrogen-bond donors (Lipinski definition) is 0. The fourth-order valence-corrected chi connectivity index (χ4v) is 15.7. The molecule has 0 aliphatic rings. The first-order chi connectivity index (χ1) is 11.7. The van der Waals surface area contributed by atoms with Gasteiger partial charge in [-0.25, -0.2) is 0 Å². The molecule has 2 aromatic rings. The smallest absolute Gasteiger partial charge is 0.0426 e. The van der Waals surface area contributed by atoms with Gasteiger partial charge in [-0.2, -0.15) is 0 Å². The van der Waals surface area contributed by atoms with E-state index in [0.717, 1.165) is 0 Å². The maximum atomic E-state index is 2.52. The van der Waals surface area contributed by atoms with Crippen LogP contribution in [0.25, 0.3) is 0 Å². The molecule has 0 aliphatic heterocycles. The quantitative estimate of drug-likeness (QED) is 0.170. The molecule has 0 unspecified atom stereocenters. The summed E-state index contributed by atoms with van der Waals surface area (Å²) in [5, 5.41) is 0. The Balaban J connectivity index is 2.70. The topological polar surface area (TPSA) is 0 Å². The number of halogens is 8. The molecule has 0 N–H and O–H groups in total. The van der Waals surface area contributed by atoms with E-state index in [1.165, 1.54) is 48.1 Å². The molecule has 2 aromatic carbocycles. The van der Waals surface area contributed by atoms with E-state index in [-0.39, 0.29) is 0 Å². The van der Waals surface area contributed by atoms with Crippen molar-refractivity contribution in [2.45, 2.75) is 19.6 Å². The van der Waals surface area contributed by atoms with E-state index in [2.05, 4.69) is 193 Å². The Morgan fingerprint density at radius 3 is 0.800 bits per heavy atom. The molecule has 11 heteroatoms. The van der Waals surface area contributed by atoms with Gasteiger partial charge >= 0.3 is 0 Å². The summed E-state index contributed by atoms with van der Waals surface area (Å²) in [5.74, 6) is 0. The summed E-state index contributed by atoms with van der Waals surface area (Å²) in [5.41, 5.74) is 0. The second-order valence-electron chi connectivity index (χ2n) is 4.34. The highest BCUT2D eigenvalue weighted by Gasteiger charge is 2.24. The van der Waals surface area contributed by atoms with Crippen molar-refractivity contribution in [2.24, 2.45) is 0 Å². The fraction of sp³-hybridized carbons (Fsp3) is 0.143. The Labute approximate surface area is 270 Å². The van der Waals surface area contributed by atoms with E-state index in [9.17, 15) is 0 Å². The second kappa shape index (κ2) is 12.0. The van der Waals surface area contributed by atoms with Gasteiger partial charge in [0.2, 0.25) is 0 Å². The molecule has 0 heterocycles. The molecule has 0 aliphatic carbocycles. The van der Waals surface area contributed by atoms with Crippen molar-refractivity contribution in [2.75, 3.05) is 12.5 Å². The van der Waals surface area contributed by atoms with Crippen molar-refractivity contribution in [3.05, 3.63) is 28.6 Å². The van der Waals surface area contributed by atoms with E-state index < -0.39 is 0 Å². The molecule has 0 atom stereocenters. The zero-order valence-corrected chi connectivity index (χ0v) is 32.0. The van der Waals surface area contributed by atoms with Crippen molar-refractivity contribution in [3.63, 3.8) is 0 Å². The number of rotatable bonds is 4. The van der Waals surface area contributed by atoms with Gasteiger partial charge in [0.25, 0.3) is 0 Å². The maximum absolute atomic E-state index is 2.52. The molecule has 0 fully saturated rings. The first kappa shape index (κ1) is 26.6. The van der Waals surface area contributed by atoms with E-state index in [0.29, 0.717) is 0 Å². The molecule has 0 saturated heterocycles. The second-order valence-corrected chi connectivity index (χ2v) is 15.6. The van der Waals surface area contributed by atoms with Gasteiger partial charge in [0.15, 0.2) is 0 Å². The molecular formula is C14H6I8S3. The Bertz CT molecular complexity index is 725. The van der Waals surface area contributed by atoms with Crippen molar-refractivity contribution in [1.29, 1.82) is 0 Å². The third kappa shape index (κ3) is 5.82. The summed E-state index contributed by atoms with van der Waals surface area (Å²) >= 11 is 25.7. The highest BCUT2D eigenvalue weighted by atomic mass is 127. The van der Waals surface area contributed by atoms with Crippen LogP contribution in [-0.4, -0.2) is 12.5 Å². The Kier molecular flexibility index (Phi) is 12.7. The number of hydrogen-bond acceptors (Lipinski definition) is 3. The molecule has 25 heavy (non-hydrogen) atoms. The molecule has 2 rings (SSSR count). The molecule has 136 valence electrons. The van der Waals surface area contributed by atoms with Crippen LogP contribution in [0, 0.1) is 28.6 Å². The predicted molar refractivity (Wildman–Crippen MR) is 182 cm³/mol. The molecule has 0 bridgehead atoms. The van der Waals surface area contributed by atoms with Gasteiger partial charge in [-0.1, -0.05) is 11.8 Å². The molecule has 0 amide bonds. The van der Waals surface area contributed by atoms with Crippen LogP contribution in [0.3, 0.4) is 0 Å². The zero-order valence-electron chi connectivity index (χ0n) is 12.2. The van der Waals surface area contributed by atoms with Gasteiger partial charge in [-0.3, -0.25) is 0 Å². The van der Waals surface area contributed by atoms with Gasteiger partial charge in [0.1, 0.15) is 0 Å². The van der Waals surface area contributed by atoms with E-state index in [1.54, 1.807) is 0 Å². The van der Waals surface area contributed by atoms with Gasteiger partial charge in [-0.15, -0.1) is 23.5 Å². The maximum Gasteiger partial charge on any atom is 0.0426 e. The monoisotopic (exact) mass is 1290 g/mol. The molecule has 0 spiro atoms. The van der Waals surface area contributed by atoms with Crippen LogP contribution in [0.15, 0.2) is 19.6 Å². The Hall–Kier alpha value is 5.33. The van der Waals surface area contributed by atoms with Crippen LogP contribution in [0.4, 0.5) is 0 Å². The Morgan fingerprint density at radius 2 is 0.600 bits per heavy atom. The lowest BCUT2D eigenvalue weighted by Gasteiger charge is -2.19. The van der Waals surface area contributed by atoms with Crippen LogP contribution in [0.5, 0.6) is 0 Å². The minimum atomic E-state index is 1.36. The lowest BCUT2D eigenvalue weighted by atomic mass is 10.3. The minimum absolute atomic E-state index is 1.36. The molecule has 0 aromatic heterocycles. The summed E-state index contributed by atoms with van der Waals surface area (Å²) in [6, 6.07) is 0. The summed E-state index contributed by atoms with van der Waals surface area (Å²) in [6.45, 7) is 0. The molecule has 0 saturated carbocycles. The normalized spacial score (nSPS) is 11.3. The lowest BCUT2D eigenvalue weighted by Crippen LogP contribution is -2.01. The summed E-state index contributed by atoms with van der Waals surface area (Å²) < 4.78 is 10.9. The van der Waals surface area contributed by atoms with Crippen LogP contribution in [0.2, 0.25) is 0 Å². The lowest BCUT2D eigenvalue weighted by molar-refractivity contribution is 1.16. The standard InChI is InChI=1S/C14H6I8S3/c1-23-11-3(15)7(19)13(8(20)4(11)16)25-14-9(21)5(17)12(24-2)6(18)10(14)22/h1-2H3. The summed E-state index contributed by atoms with van der Waals surface area (Å²) in [7, 11) is 0. The van der Waals surface area contributed by atoms with Gasteiger partial charge in [-0.05, 0) is 193 Å². The predicted octanol–water partition coefficient (Wildman–Crippen LogP) is 10.1. The van der Waals surface area contributed by atoms with Crippen LogP contribution >= 0.6 is 216 Å². The number of benzene rings is 2. The fourth-order valence-electron chi connectivity index (χ4n) is 1.82. The average molecular weight is 1290 g/mol. The first-order valence-electron chi connectivity index (χ1n) is 6.14. The minimum Gasteiger partial charge on any atom is -0.127 e. The van der Waals surface area contributed by atoms with Crippen molar-refractivity contribution in [3.8, 4) is 0 Å². The van der Waals surface area contributed by atoms with Crippen LogP contribution < -0.4 is 0 Å².